The van der Waals surface area contributed by atoms with Crippen LogP contribution in [0.1, 0.15) is 29.4 Å². The molecule has 0 radical (unpaired) electrons. The van der Waals surface area contributed by atoms with Gasteiger partial charge in [0.25, 0.3) is 5.91 Å². The maximum Gasteiger partial charge on any atom is 0.260 e. The van der Waals surface area contributed by atoms with Crippen LogP contribution in [0.4, 0.5) is 5.82 Å². The second-order valence-electron chi connectivity index (χ2n) is 4.32. The lowest BCUT2D eigenvalue weighted by molar-refractivity contribution is -0.127. The molecule has 98 valence electrons. The molecule has 18 heavy (non-hydrogen) atoms. The Balaban J connectivity index is 2.30. The zero-order chi connectivity index (χ0) is 13.3. The molecule has 1 unspecified atom stereocenters. The minimum absolute atomic E-state index is 0.114. The molecule has 0 aliphatic carbocycles. The molecule has 0 saturated carbocycles. The van der Waals surface area contributed by atoms with Crippen LogP contribution in [-0.4, -0.2) is 46.0 Å². The summed E-state index contributed by atoms with van der Waals surface area (Å²) < 4.78 is 0. The van der Waals surface area contributed by atoms with E-state index in [4.69, 9.17) is 5.73 Å². The van der Waals surface area contributed by atoms with E-state index in [1.807, 2.05) is 6.92 Å². The molecular weight excluding hydrogens is 234 g/mol. The molecule has 2 heterocycles. The zero-order valence-corrected chi connectivity index (χ0v) is 10.5. The van der Waals surface area contributed by atoms with E-state index in [0.29, 0.717) is 30.8 Å². The molecule has 2 rings (SSSR count). The first-order valence-corrected chi connectivity index (χ1v) is 5.95. The van der Waals surface area contributed by atoms with E-state index >= 15 is 0 Å². The largest absolute Gasteiger partial charge is 0.382 e. The topological polar surface area (TPSA) is 104 Å². The maximum atomic E-state index is 12.4. The lowest BCUT2D eigenvalue weighted by Crippen LogP contribution is -2.57. The summed E-state index contributed by atoms with van der Waals surface area (Å²) in [7, 11) is 0. The fourth-order valence-electron chi connectivity index (χ4n) is 2.23. The number of aromatic nitrogens is 2. The van der Waals surface area contributed by atoms with Crippen molar-refractivity contribution in [3.05, 3.63) is 11.3 Å². The van der Waals surface area contributed by atoms with Crippen LogP contribution in [0.25, 0.3) is 0 Å². The summed E-state index contributed by atoms with van der Waals surface area (Å²) in [6, 6.07) is -0.431. The Kier molecular flexibility index (Phi) is 3.22. The molecule has 1 fully saturated rings. The number of anilines is 1. The van der Waals surface area contributed by atoms with E-state index in [0.717, 1.165) is 0 Å². The van der Waals surface area contributed by atoms with Gasteiger partial charge < -0.3 is 16.0 Å². The number of rotatable bonds is 2. The molecular formula is C11H17N5O2. The van der Waals surface area contributed by atoms with Gasteiger partial charge in [-0.15, -0.1) is 0 Å². The number of aryl methyl sites for hydroxylation is 1. The van der Waals surface area contributed by atoms with Gasteiger partial charge in [0.05, 0.1) is 0 Å². The van der Waals surface area contributed by atoms with Crippen molar-refractivity contribution in [2.45, 2.75) is 26.3 Å². The fourth-order valence-corrected chi connectivity index (χ4v) is 2.23. The molecule has 1 saturated heterocycles. The zero-order valence-electron chi connectivity index (χ0n) is 10.5. The minimum Gasteiger partial charge on any atom is -0.382 e. The van der Waals surface area contributed by atoms with Gasteiger partial charge in [-0.25, -0.2) is 0 Å². The Hall–Kier alpha value is -2.05. The molecule has 0 bridgehead atoms. The first-order chi connectivity index (χ1) is 8.56. The predicted molar refractivity (Wildman–Crippen MR) is 65.9 cm³/mol. The van der Waals surface area contributed by atoms with Gasteiger partial charge in [-0.1, -0.05) is 6.92 Å². The second kappa shape index (κ2) is 4.67. The third-order valence-electron chi connectivity index (χ3n) is 3.17. The van der Waals surface area contributed by atoms with Crippen molar-refractivity contribution < 1.29 is 9.59 Å². The summed E-state index contributed by atoms with van der Waals surface area (Å²) in [4.78, 5) is 25.7. The smallest absolute Gasteiger partial charge is 0.260 e. The number of nitrogens with zero attached hydrogens (tertiary/aromatic N) is 2. The monoisotopic (exact) mass is 251 g/mol. The number of carbonyl (C=O) groups is 2. The Morgan fingerprint density at radius 2 is 2.33 bits per heavy atom. The number of carbonyl (C=O) groups excluding carboxylic acids is 2. The quantitative estimate of drug-likeness (QED) is 0.668. The van der Waals surface area contributed by atoms with E-state index in [2.05, 4.69) is 15.5 Å². The van der Waals surface area contributed by atoms with Crippen LogP contribution in [0.5, 0.6) is 0 Å². The van der Waals surface area contributed by atoms with Gasteiger partial charge in [-0.05, 0) is 13.3 Å². The lowest BCUT2D eigenvalue weighted by atomic mass is 10.1. The van der Waals surface area contributed by atoms with Crippen molar-refractivity contribution in [3.8, 4) is 0 Å². The van der Waals surface area contributed by atoms with Crippen LogP contribution in [0.15, 0.2) is 0 Å². The van der Waals surface area contributed by atoms with Crippen molar-refractivity contribution in [2.24, 2.45) is 0 Å². The number of amides is 2. The number of aromatic amines is 1. The summed E-state index contributed by atoms with van der Waals surface area (Å²) in [5.74, 6) is -0.171. The van der Waals surface area contributed by atoms with Crippen LogP contribution >= 0.6 is 0 Å². The van der Waals surface area contributed by atoms with Gasteiger partial charge in [-0.2, -0.15) is 5.10 Å². The minimum atomic E-state index is -0.431. The summed E-state index contributed by atoms with van der Waals surface area (Å²) in [6.45, 7) is 4.58. The van der Waals surface area contributed by atoms with E-state index in [1.165, 1.54) is 0 Å². The molecule has 0 spiro atoms. The van der Waals surface area contributed by atoms with Crippen LogP contribution < -0.4 is 11.1 Å². The SMILES string of the molecule is CCC1C(=O)NCCN1C(=O)c1c(N)n[nH]c1C. The predicted octanol–water partition coefficient (Wildman–Crippen LogP) is -0.349. The molecule has 0 aromatic carbocycles. The van der Waals surface area contributed by atoms with E-state index in [-0.39, 0.29) is 17.6 Å². The molecule has 1 aliphatic heterocycles. The summed E-state index contributed by atoms with van der Waals surface area (Å²) >= 11 is 0. The molecule has 1 aromatic rings. The van der Waals surface area contributed by atoms with Gasteiger partial charge in [0.15, 0.2) is 5.82 Å². The number of piperazine rings is 1. The van der Waals surface area contributed by atoms with Crippen LogP contribution in [-0.2, 0) is 4.79 Å². The standard InChI is InChI=1S/C11H17N5O2/c1-3-7-10(17)13-4-5-16(7)11(18)8-6(2)14-15-9(8)12/h7H,3-5H2,1-2H3,(H,13,17)(H3,12,14,15). The summed E-state index contributed by atoms with van der Waals surface area (Å²) in [6.07, 6.45) is 0.578. The third kappa shape index (κ3) is 1.92. The molecule has 1 aromatic heterocycles. The lowest BCUT2D eigenvalue weighted by Gasteiger charge is -2.34. The third-order valence-corrected chi connectivity index (χ3v) is 3.17. The van der Waals surface area contributed by atoms with Gasteiger partial charge in [-0.3, -0.25) is 14.7 Å². The first-order valence-electron chi connectivity index (χ1n) is 5.95. The Labute approximate surface area is 105 Å². The van der Waals surface area contributed by atoms with Gasteiger partial charge in [0, 0.05) is 18.8 Å². The fraction of sp³-hybridized carbons (Fsp3) is 0.545. The van der Waals surface area contributed by atoms with E-state index in [1.54, 1.807) is 11.8 Å². The van der Waals surface area contributed by atoms with Crippen molar-refractivity contribution >= 4 is 17.6 Å². The highest BCUT2D eigenvalue weighted by atomic mass is 16.2. The number of nitrogens with two attached hydrogens (primary N) is 1. The van der Waals surface area contributed by atoms with Crippen LogP contribution in [0, 0.1) is 6.92 Å². The Morgan fingerprint density at radius 1 is 1.61 bits per heavy atom. The average Bonchev–Trinajstić information content (AvgIpc) is 2.68. The molecule has 7 nitrogen and oxygen atoms in total. The highest BCUT2D eigenvalue weighted by molar-refractivity contribution is 6.02. The number of H-pyrrole nitrogens is 1. The average molecular weight is 251 g/mol. The molecule has 7 heteroatoms. The number of nitrogen functional groups attached to an aromatic ring is 1. The Bertz CT molecular complexity index is 462. The van der Waals surface area contributed by atoms with Crippen LogP contribution in [0.3, 0.4) is 0 Å². The van der Waals surface area contributed by atoms with Crippen molar-refractivity contribution in [2.75, 3.05) is 18.8 Å². The van der Waals surface area contributed by atoms with Crippen molar-refractivity contribution in [1.82, 2.24) is 20.4 Å². The molecule has 1 atom stereocenters. The molecule has 1 aliphatic rings. The van der Waals surface area contributed by atoms with E-state index in [9.17, 15) is 9.59 Å². The summed E-state index contributed by atoms with van der Waals surface area (Å²) in [5.41, 5.74) is 6.67. The highest BCUT2D eigenvalue weighted by Crippen LogP contribution is 2.19. The second-order valence-corrected chi connectivity index (χ2v) is 4.32. The number of hydrogen-bond donors (Lipinski definition) is 3. The molecule has 2 amide bonds. The Morgan fingerprint density at radius 3 is 2.89 bits per heavy atom. The van der Waals surface area contributed by atoms with Crippen molar-refractivity contribution in [3.63, 3.8) is 0 Å². The first kappa shape index (κ1) is 12.4. The van der Waals surface area contributed by atoms with Gasteiger partial charge >= 0.3 is 0 Å². The van der Waals surface area contributed by atoms with Gasteiger partial charge in [0.2, 0.25) is 5.91 Å². The summed E-state index contributed by atoms with van der Waals surface area (Å²) in [5, 5.41) is 9.24. The number of nitrogens with one attached hydrogen (secondary N) is 2. The van der Waals surface area contributed by atoms with Gasteiger partial charge in [0.1, 0.15) is 11.6 Å². The van der Waals surface area contributed by atoms with Crippen LogP contribution in [0.2, 0.25) is 0 Å². The van der Waals surface area contributed by atoms with Crippen molar-refractivity contribution in [1.29, 1.82) is 0 Å². The molecule has 4 N–H and O–H groups in total. The van der Waals surface area contributed by atoms with E-state index < -0.39 is 6.04 Å². The number of hydrogen-bond acceptors (Lipinski definition) is 4. The maximum absolute atomic E-state index is 12.4. The normalized spacial score (nSPS) is 19.8. The highest BCUT2D eigenvalue weighted by Gasteiger charge is 2.34.